The maximum Gasteiger partial charge on any atom is 0.389 e. The molecule has 0 radical (unpaired) electrons. The van der Waals surface area contributed by atoms with Crippen molar-refractivity contribution in [3.63, 3.8) is 0 Å². The normalized spacial score (nSPS) is 13.9. The molecule has 1 rings (SSSR count). The Kier molecular flexibility index (Phi) is 4.92. The van der Waals surface area contributed by atoms with Gasteiger partial charge in [-0.2, -0.15) is 18.2 Å². The summed E-state index contributed by atoms with van der Waals surface area (Å²) in [5, 5.41) is 3.53. The standard InChI is InChI=1S/C10H16F3N3O/c1-7(3-2-6-14)9-15-8(16-17-9)4-5-10(11,12)13/h7H,2-6,14H2,1H3. The second kappa shape index (κ2) is 6.00. The van der Waals surface area contributed by atoms with E-state index in [2.05, 4.69) is 10.1 Å². The first kappa shape index (κ1) is 14.0. The summed E-state index contributed by atoms with van der Waals surface area (Å²) in [6.45, 7) is 2.45. The molecule has 0 amide bonds. The molecule has 1 aromatic heterocycles. The highest BCUT2D eigenvalue weighted by molar-refractivity contribution is 4.92. The lowest BCUT2D eigenvalue weighted by molar-refractivity contribution is -0.134. The van der Waals surface area contributed by atoms with Crippen LogP contribution in [-0.4, -0.2) is 22.9 Å². The summed E-state index contributed by atoms with van der Waals surface area (Å²) >= 11 is 0. The predicted molar refractivity (Wildman–Crippen MR) is 55.4 cm³/mol. The van der Waals surface area contributed by atoms with E-state index in [1.165, 1.54) is 0 Å². The lowest BCUT2D eigenvalue weighted by Gasteiger charge is -2.03. The van der Waals surface area contributed by atoms with E-state index in [1.807, 2.05) is 6.92 Å². The molecule has 0 fully saturated rings. The summed E-state index contributed by atoms with van der Waals surface area (Å²) in [5.74, 6) is 0.526. The average Bonchev–Trinajstić information content (AvgIpc) is 2.70. The molecule has 0 aromatic carbocycles. The van der Waals surface area contributed by atoms with Crippen molar-refractivity contribution in [3.8, 4) is 0 Å². The Hall–Kier alpha value is -1.11. The molecule has 1 aromatic rings. The molecule has 7 heteroatoms. The SMILES string of the molecule is CC(CCCN)c1nc(CCC(F)(F)F)no1. The molecule has 1 unspecified atom stereocenters. The molecule has 0 saturated heterocycles. The van der Waals surface area contributed by atoms with Crippen LogP contribution in [0.25, 0.3) is 0 Å². The van der Waals surface area contributed by atoms with Crippen LogP contribution in [0, 0.1) is 0 Å². The van der Waals surface area contributed by atoms with E-state index in [0.29, 0.717) is 12.4 Å². The lowest BCUT2D eigenvalue weighted by Crippen LogP contribution is -2.09. The second-order valence-electron chi connectivity index (χ2n) is 4.00. The van der Waals surface area contributed by atoms with E-state index in [4.69, 9.17) is 10.3 Å². The summed E-state index contributed by atoms with van der Waals surface area (Å²) in [7, 11) is 0. The van der Waals surface area contributed by atoms with Crippen molar-refractivity contribution in [1.29, 1.82) is 0 Å². The fourth-order valence-electron chi connectivity index (χ4n) is 1.37. The van der Waals surface area contributed by atoms with Gasteiger partial charge < -0.3 is 10.3 Å². The number of hydrogen-bond acceptors (Lipinski definition) is 4. The summed E-state index contributed by atoms with van der Waals surface area (Å²) in [6.07, 6.45) is -3.75. The van der Waals surface area contributed by atoms with E-state index in [9.17, 15) is 13.2 Å². The predicted octanol–water partition coefficient (Wildman–Crippen LogP) is 2.41. The van der Waals surface area contributed by atoms with Crippen molar-refractivity contribution in [2.45, 2.75) is 44.7 Å². The van der Waals surface area contributed by atoms with Crippen LogP contribution in [-0.2, 0) is 6.42 Å². The van der Waals surface area contributed by atoms with E-state index in [-0.39, 0.29) is 18.2 Å². The van der Waals surface area contributed by atoms with Crippen molar-refractivity contribution < 1.29 is 17.7 Å². The fourth-order valence-corrected chi connectivity index (χ4v) is 1.37. The second-order valence-corrected chi connectivity index (χ2v) is 4.00. The van der Waals surface area contributed by atoms with Crippen molar-refractivity contribution in [3.05, 3.63) is 11.7 Å². The zero-order chi connectivity index (χ0) is 12.9. The first-order chi connectivity index (χ1) is 7.92. The molecule has 0 aliphatic rings. The summed E-state index contributed by atoms with van der Waals surface area (Å²) in [6, 6.07) is 0. The zero-order valence-corrected chi connectivity index (χ0v) is 9.63. The minimum atomic E-state index is -4.19. The van der Waals surface area contributed by atoms with Crippen LogP contribution in [0.1, 0.15) is 43.8 Å². The topological polar surface area (TPSA) is 64.9 Å². The number of nitrogens with zero attached hydrogens (tertiary/aromatic N) is 2. The van der Waals surface area contributed by atoms with Crippen LogP contribution in [0.5, 0.6) is 0 Å². The maximum absolute atomic E-state index is 12.0. The largest absolute Gasteiger partial charge is 0.389 e. The molecule has 1 atom stereocenters. The van der Waals surface area contributed by atoms with Crippen LogP contribution in [0.3, 0.4) is 0 Å². The molecule has 0 aliphatic heterocycles. The van der Waals surface area contributed by atoms with E-state index >= 15 is 0 Å². The molecule has 0 spiro atoms. The number of hydrogen-bond donors (Lipinski definition) is 1. The number of aryl methyl sites for hydroxylation is 1. The van der Waals surface area contributed by atoms with Crippen molar-refractivity contribution in [2.75, 3.05) is 6.54 Å². The van der Waals surface area contributed by atoms with Gasteiger partial charge in [0.25, 0.3) is 0 Å². The number of halogens is 3. The number of rotatable bonds is 6. The first-order valence-electron chi connectivity index (χ1n) is 5.51. The zero-order valence-electron chi connectivity index (χ0n) is 9.63. The Balaban J connectivity index is 2.47. The smallest absolute Gasteiger partial charge is 0.339 e. The van der Waals surface area contributed by atoms with Gasteiger partial charge in [0, 0.05) is 12.3 Å². The van der Waals surface area contributed by atoms with Gasteiger partial charge in [-0.3, -0.25) is 0 Å². The third kappa shape index (κ3) is 5.16. The molecule has 98 valence electrons. The van der Waals surface area contributed by atoms with Gasteiger partial charge in [0.15, 0.2) is 5.82 Å². The molecule has 0 bridgehead atoms. The number of aromatic nitrogens is 2. The van der Waals surface area contributed by atoms with Crippen molar-refractivity contribution in [1.82, 2.24) is 10.1 Å². The summed E-state index contributed by atoms with van der Waals surface area (Å²) in [5.41, 5.74) is 5.36. The fraction of sp³-hybridized carbons (Fsp3) is 0.800. The van der Waals surface area contributed by atoms with Gasteiger partial charge in [-0.1, -0.05) is 12.1 Å². The minimum absolute atomic E-state index is 0.0330. The lowest BCUT2D eigenvalue weighted by atomic mass is 10.1. The monoisotopic (exact) mass is 251 g/mol. The Labute approximate surface area is 97.4 Å². The highest BCUT2D eigenvalue weighted by atomic mass is 19.4. The molecular weight excluding hydrogens is 235 g/mol. The Morgan fingerprint density at radius 2 is 2.12 bits per heavy atom. The van der Waals surface area contributed by atoms with Crippen LogP contribution >= 0.6 is 0 Å². The molecular formula is C10H16F3N3O. The Morgan fingerprint density at radius 3 is 2.71 bits per heavy atom. The molecule has 0 saturated carbocycles. The Morgan fingerprint density at radius 1 is 1.41 bits per heavy atom. The molecule has 0 aliphatic carbocycles. The van der Waals surface area contributed by atoms with Crippen LogP contribution in [0.4, 0.5) is 13.2 Å². The van der Waals surface area contributed by atoms with Crippen molar-refractivity contribution in [2.24, 2.45) is 5.73 Å². The van der Waals surface area contributed by atoms with E-state index in [1.54, 1.807) is 0 Å². The van der Waals surface area contributed by atoms with Gasteiger partial charge in [0.1, 0.15) is 0 Å². The quantitative estimate of drug-likeness (QED) is 0.843. The van der Waals surface area contributed by atoms with E-state index in [0.717, 1.165) is 12.8 Å². The number of alkyl halides is 3. The maximum atomic E-state index is 12.0. The first-order valence-corrected chi connectivity index (χ1v) is 5.51. The Bertz CT molecular complexity index is 338. The number of nitrogens with two attached hydrogens (primary N) is 1. The van der Waals surface area contributed by atoms with Gasteiger partial charge >= 0.3 is 6.18 Å². The van der Waals surface area contributed by atoms with Gasteiger partial charge in [-0.05, 0) is 19.4 Å². The molecule has 17 heavy (non-hydrogen) atoms. The average molecular weight is 251 g/mol. The molecule has 1 heterocycles. The third-order valence-corrected chi connectivity index (χ3v) is 2.38. The highest BCUT2D eigenvalue weighted by Gasteiger charge is 2.27. The van der Waals surface area contributed by atoms with Crippen LogP contribution < -0.4 is 5.73 Å². The van der Waals surface area contributed by atoms with Crippen LogP contribution in [0.2, 0.25) is 0 Å². The minimum Gasteiger partial charge on any atom is -0.339 e. The van der Waals surface area contributed by atoms with E-state index < -0.39 is 12.6 Å². The van der Waals surface area contributed by atoms with Crippen LogP contribution in [0.15, 0.2) is 4.52 Å². The van der Waals surface area contributed by atoms with Gasteiger partial charge in [-0.25, -0.2) is 0 Å². The van der Waals surface area contributed by atoms with Gasteiger partial charge in [0.2, 0.25) is 5.89 Å². The summed E-state index contributed by atoms with van der Waals surface area (Å²) < 4.78 is 40.8. The van der Waals surface area contributed by atoms with Gasteiger partial charge in [0.05, 0.1) is 6.42 Å². The molecule has 4 nitrogen and oxygen atoms in total. The van der Waals surface area contributed by atoms with Crippen molar-refractivity contribution >= 4 is 0 Å². The highest BCUT2D eigenvalue weighted by Crippen LogP contribution is 2.23. The summed E-state index contributed by atoms with van der Waals surface area (Å²) in [4.78, 5) is 3.95. The van der Waals surface area contributed by atoms with Gasteiger partial charge in [-0.15, -0.1) is 0 Å². The third-order valence-electron chi connectivity index (χ3n) is 2.38. The molecule has 2 N–H and O–H groups in total.